The number of para-hydroxylation sites is 1. The van der Waals surface area contributed by atoms with Crippen LogP contribution in [-0.4, -0.2) is 32.1 Å². The number of hydrogen-bond donors (Lipinski definition) is 2. The molecule has 4 aromatic rings. The maximum absolute atomic E-state index is 13.7. The van der Waals surface area contributed by atoms with Gasteiger partial charge in [0.1, 0.15) is 0 Å². The van der Waals surface area contributed by atoms with Gasteiger partial charge in [-0.25, -0.2) is 13.9 Å². The van der Waals surface area contributed by atoms with Gasteiger partial charge in [0.15, 0.2) is 23.8 Å². The minimum absolute atomic E-state index is 0.00379. The van der Waals surface area contributed by atoms with Gasteiger partial charge >= 0.3 is 0 Å². The number of carbonyl (C=O) groups excluding carboxylic acids is 1. The standard InChI is InChI=1S/C23H22FN5O3/c1-14(2)23(27-21(30)13-32-19-9-4-3-7-15(19)24)18-12-22(31)29-20(26-18)11-17(28-29)16-8-5-6-10-25-16/h3-12,14,23,28H,13H2,1-2H3,(H,27,30). The van der Waals surface area contributed by atoms with Crippen molar-refractivity contribution < 1.29 is 13.9 Å². The molecule has 0 radical (unpaired) electrons. The van der Waals surface area contributed by atoms with Crippen molar-refractivity contribution in [3.05, 3.63) is 82.7 Å². The van der Waals surface area contributed by atoms with Gasteiger partial charge in [0, 0.05) is 18.3 Å². The molecule has 1 aromatic carbocycles. The van der Waals surface area contributed by atoms with Crippen molar-refractivity contribution in [1.82, 2.24) is 24.9 Å². The zero-order valence-electron chi connectivity index (χ0n) is 17.6. The zero-order valence-corrected chi connectivity index (χ0v) is 17.6. The van der Waals surface area contributed by atoms with Gasteiger partial charge in [0.25, 0.3) is 11.5 Å². The Bertz CT molecular complexity index is 1300. The Hall–Kier alpha value is -4.01. The summed E-state index contributed by atoms with van der Waals surface area (Å²) in [6, 6.07) is 13.9. The van der Waals surface area contributed by atoms with Crippen molar-refractivity contribution in [3.63, 3.8) is 0 Å². The van der Waals surface area contributed by atoms with Crippen LogP contribution in [0.2, 0.25) is 0 Å². The van der Waals surface area contributed by atoms with Gasteiger partial charge in [-0.3, -0.25) is 19.7 Å². The van der Waals surface area contributed by atoms with E-state index in [1.807, 2.05) is 26.0 Å². The summed E-state index contributed by atoms with van der Waals surface area (Å²) in [5.74, 6) is -1.05. The van der Waals surface area contributed by atoms with Crippen LogP contribution in [0.5, 0.6) is 5.75 Å². The van der Waals surface area contributed by atoms with Crippen LogP contribution in [0.25, 0.3) is 17.0 Å². The van der Waals surface area contributed by atoms with E-state index in [2.05, 4.69) is 20.4 Å². The van der Waals surface area contributed by atoms with Gasteiger partial charge in [-0.15, -0.1) is 0 Å². The predicted molar refractivity (Wildman–Crippen MR) is 117 cm³/mol. The largest absolute Gasteiger partial charge is 0.481 e. The minimum atomic E-state index is -0.544. The maximum atomic E-state index is 13.7. The molecule has 1 amide bonds. The highest BCUT2D eigenvalue weighted by atomic mass is 19.1. The number of fused-ring (bicyclic) bond motifs is 1. The Labute approximate surface area is 183 Å². The van der Waals surface area contributed by atoms with Crippen LogP contribution in [0, 0.1) is 11.7 Å². The fraction of sp³-hybridized carbons (Fsp3) is 0.217. The molecule has 3 heterocycles. The molecule has 1 unspecified atom stereocenters. The summed E-state index contributed by atoms with van der Waals surface area (Å²) in [5.41, 5.74) is 1.86. The second kappa shape index (κ2) is 9.01. The van der Waals surface area contributed by atoms with Gasteiger partial charge in [0.2, 0.25) is 0 Å². The number of aromatic amines is 1. The molecular formula is C23H22FN5O3. The third-order valence-electron chi connectivity index (χ3n) is 4.91. The summed E-state index contributed by atoms with van der Waals surface area (Å²) >= 11 is 0. The summed E-state index contributed by atoms with van der Waals surface area (Å²) in [7, 11) is 0. The molecule has 1 atom stereocenters. The smallest absolute Gasteiger partial charge is 0.272 e. The van der Waals surface area contributed by atoms with Crippen molar-refractivity contribution in [2.75, 3.05) is 6.61 Å². The fourth-order valence-electron chi connectivity index (χ4n) is 3.32. The minimum Gasteiger partial charge on any atom is -0.481 e. The molecular weight excluding hydrogens is 413 g/mol. The van der Waals surface area contributed by atoms with Crippen molar-refractivity contribution in [2.24, 2.45) is 5.92 Å². The zero-order chi connectivity index (χ0) is 22.7. The number of carbonyl (C=O) groups is 1. The molecule has 0 aliphatic carbocycles. The first-order valence-electron chi connectivity index (χ1n) is 10.1. The first kappa shape index (κ1) is 21.2. The highest BCUT2D eigenvalue weighted by Crippen LogP contribution is 2.21. The summed E-state index contributed by atoms with van der Waals surface area (Å²) in [6.45, 7) is 3.45. The first-order valence-corrected chi connectivity index (χ1v) is 10.1. The number of benzene rings is 1. The lowest BCUT2D eigenvalue weighted by atomic mass is 10.0. The number of nitrogens with one attached hydrogen (secondary N) is 2. The molecule has 0 aliphatic heterocycles. The van der Waals surface area contributed by atoms with Gasteiger partial charge in [-0.05, 0) is 30.2 Å². The van der Waals surface area contributed by atoms with Crippen molar-refractivity contribution in [1.29, 1.82) is 0 Å². The third kappa shape index (κ3) is 4.51. The topological polar surface area (TPSA) is 101 Å². The lowest BCUT2D eigenvalue weighted by molar-refractivity contribution is -0.124. The molecule has 3 aromatic heterocycles. The average Bonchev–Trinajstić information content (AvgIpc) is 3.22. The van der Waals surface area contributed by atoms with E-state index >= 15 is 0 Å². The van der Waals surface area contributed by atoms with Crippen LogP contribution in [0.1, 0.15) is 25.6 Å². The van der Waals surface area contributed by atoms with Crippen LogP contribution in [0.3, 0.4) is 0 Å². The molecule has 8 nitrogen and oxygen atoms in total. The van der Waals surface area contributed by atoms with Gasteiger partial charge in [-0.1, -0.05) is 32.0 Å². The summed E-state index contributed by atoms with van der Waals surface area (Å²) in [6.07, 6.45) is 1.66. The van der Waals surface area contributed by atoms with Gasteiger partial charge < -0.3 is 10.1 Å². The average molecular weight is 435 g/mol. The van der Waals surface area contributed by atoms with Crippen molar-refractivity contribution in [3.8, 4) is 17.1 Å². The summed E-state index contributed by atoms with van der Waals surface area (Å²) in [4.78, 5) is 34.0. The Kier molecular flexibility index (Phi) is 5.98. The Morgan fingerprint density at radius 3 is 2.69 bits per heavy atom. The number of amides is 1. The van der Waals surface area contributed by atoms with Crippen molar-refractivity contribution >= 4 is 11.6 Å². The Morgan fingerprint density at radius 1 is 1.19 bits per heavy atom. The van der Waals surface area contributed by atoms with E-state index in [0.717, 1.165) is 0 Å². The van der Waals surface area contributed by atoms with E-state index in [4.69, 9.17) is 4.74 Å². The highest BCUT2D eigenvalue weighted by molar-refractivity contribution is 5.78. The van der Waals surface area contributed by atoms with E-state index < -0.39 is 17.8 Å². The van der Waals surface area contributed by atoms with Crippen LogP contribution in [-0.2, 0) is 4.79 Å². The first-order chi connectivity index (χ1) is 15.4. The molecule has 9 heteroatoms. The number of nitrogens with zero attached hydrogens (tertiary/aromatic N) is 3. The van der Waals surface area contributed by atoms with E-state index in [9.17, 15) is 14.0 Å². The van der Waals surface area contributed by atoms with E-state index in [0.29, 0.717) is 22.7 Å². The molecule has 164 valence electrons. The van der Waals surface area contributed by atoms with E-state index in [1.54, 1.807) is 24.4 Å². The SMILES string of the molecule is CC(C)C(NC(=O)COc1ccccc1F)c1cc(=O)n2[nH]c(-c3ccccn3)cc2n1. The van der Waals surface area contributed by atoms with Gasteiger partial charge in [0.05, 0.1) is 23.1 Å². The Balaban J connectivity index is 1.56. The molecule has 0 saturated carbocycles. The van der Waals surface area contributed by atoms with Crippen molar-refractivity contribution in [2.45, 2.75) is 19.9 Å². The third-order valence-corrected chi connectivity index (χ3v) is 4.91. The number of aromatic nitrogens is 4. The number of rotatable bonds is 7. The maximum Gasteiger partial charge on any atom is 0.272 e. The molecule has 2 N–H and O–H groups in total. The second-order valence-corrected chi connectivity index (χ2v) is 7.61. The van der Waals surface area contributed by atoms with E-state index in [-0.39, 0.29) is 23.8 Å². The fourth-order valence-corrected chi connectivity index (χ4v) is 3.32. The predicted octanol–water partition coefficient (Wildman–Crippen LogP) is 3.12. The molecule has 0 fully saturated rings. The number of pyridine rings is 1. The lowest BCUT2D eigenvalue weighted by Crippen LogP contribution is -2.36. The quantitative estimate of drug-likeness (QED) is 0.465. The molecule has 4 rings (SSSR count). The number of halogens is 1. The molecule has 0 spiro atoms. The van der Waals surface area contributed by atoms with Crippen LogP contribution in [0.4, 0.5) is 4.39 Å². The van der Waals surface area contributed by atoms with Crippen LogP contribution < -0.4 is 15.6 Å². The molecule has 0 bridgehead atoms. The second-order valence-electron chi connectivity index (χ2n) is 7.61. The number of H-pyrrole nitrogens is 1. The highest BCUT2D eigenvalue weighted by Gasteiger charge is 2.22. The molecule has 32 heavy (non-hydrogen) atoms. The Morgan fingerprint density at radius 2 is 1.97 bits per heavy atom. The lowest BCUT2D eigenvalue weighted by Gasteiger charge is -2.22. The summed E-state index contributed by atoms with van der Waals surface area (Å²) < 4.78 is 20.3. The van der Waals surface area contributed by atoms with Crippen LogP contribution in [0.15, 0.2) is 65.6 Å². The van der Waals surface area contributed by atoms with Gasteiger partial charge in [-0.2, -0.15) is 0 Å². The van der Waals surface area contributed by atoms with E-state index in [1.165, 1.54) is 28.8 Å². The molecule has 0 saturated heterocycles. The monoisotopic (exact) mass is 435 g/mol. The van der Waals surface area contributed by atoms with Crippen LogP contribution >= 0.6 is 0 Å². The molecule has 0 aliphatic rings. The summed E-state index contributed by atoms with van der Waals surface area (Å²) in [5, 5.41) is 5.83. The number of hydrogen-bond acceptors (Lipinski definition) is 5. The number of ether oxygens (including phenoxy) is 1. The normalized spacial score (nSPS) is 12.1.